The van der Waals surface area contributed by atoms with Gasteiger partial charge in [0.15, 0.2) is 11.6 Å². The maximum atomic E-state index is 13.2. The highest BCUT2D eigenvalue weighted by atomic mass is 19.2. The van der Waals surface area contributed by atoms with E-state index in [9.17, 15) is 13.6 Å². The molecule has 0 aliphatic carbocycles. The molecule has 0 aliphatic heterocycles. The zero-order valence-electron chi connectivity index (χ0n) is 13.4. The van der Waals surface area contributed by atoms with Crippen molar-refractivity contribution in [2.75, 3.05) is 6.54 Å². The molecule has 24 heavy (non-hydrogen) atoms. The predicted octanol–water partition coefficient (Wildman–Crippen LogP) is 3.06. The van der Waals surface area contributed by atoms with Crippen molar-refractivity contribution in [1.82, 2.24) is 10.6 Å². The number of hydrogen-bond acceptors (Lipinski definition) is 2. The molecule has 0 saturated heterocycles. The van der Waals surface area contributed by atoms with Gasteiger partial charge in [-0.3, -0.25) is 0 Å². The molecule has 0 bridgehead atoms. The van der Waals surface area contributed by atoms with Crippen molar-refractivity contribution >= 4 is 6.03 Å². The van der Waals surface area contributed by atoms with E-state index in [4.69, 9.17) is 5.11 Å². The highest BCUT2D eigenvalue weighted by Crippen LogP contribution is 2.15. The minimum absolute atomic E-state index is 0.00278. The molecule has 6 heteroatoms. The van der Waals surface area contributed by atoms with Crippen molar-refractivity contribution < 1.29 is 18.7 Å². The van der Waals surface area contributed by atoms with Gasteiger partial charge in [-0.1, -0.05) is 30.3 Å². The average molecular weight is 334 g/mol. The van der Waals surface area contributed by atoms with Crippen LogP contribution in [0.25, 0.3) is 0 Å². The highest BCUT2D eigenvalue weighted by molar-refractivity contribution is 5.74. The normalized spacial score (nSPS) is 11.8. The molecule has 128 valence electrons. The summed E-state index contributed by atoms with van der Waals surface area (Å²) < 4.78 is 26.1. The van der Waals surface area contributed by atoms with E-state index in [1.165, 1.54) is 6.07 Å². The van der Waals surface area contributed by atoms with Crippen LogP contribution in [-0.4, -0.2) is 17.7 Å². The van der Waals surface area contributed by atoms with Gasteiger partial charge in [0.2, 0.25) is 0 Å². The third-order valence-corrected chi connectivity index (χ3v) is 3.70. The molecular formula is C18H20F2N2O2. The van der Waals surface area contributed by atoms with E-state index in [1.54, 1.807) is 6.92 Å². The second-order valence-corrected chi connectivity index (χ2v) is 5.52. The van der Waals surface area contributed by atoms with Gasteiger partial charge < -0.3 is 15.7 Å². The van der Waals surface area contributed by atoms with E-state index < -0.39 is 17.7 Å². The van der Waals surface area contributed by atoms with E-state index in [2.05, 4.69) is 10.6 Å². The molecule has 2 amide bonds. The molecule has 1 atom stereocenters. The summed E-state index contributed by atoms with van der Waals surface area (Å²) in [5, 5.41) is 14.4. The number of halogens is 2. The maximum Gasteiger partial charge on any atom is 0.315 e. The Balaban J connectivity index is 1.78. The number of nitrogens with one attached hydrogen (secondary N) is 2. The first-order chi connectivity index (χ1) is 11.5. The van der Waals surface area contributed by atoms with Crippen LogP contribution in [-0.2, 0) is 13.0 Å². The number of hydrogen-bond donors (Lipinski definition) is 3. The fraction of sp³-hybridized carbons (Fsp3) is 0.278. The van der Waals surface area contributed by atoms with Gasteiger partial charge in [0.05, 0.1) is 12.6 Å². The van der Waals surface area contributed by atoms with E-state index in [-0.39, 0.29) is 12.6 Å². The highest BCUT2D eigenvalue weighted by Gasteiger charge is 2.11. The minimum atomic E-state index is -0.937. The first-order valence-electron chi connectivity index (χ1n) is 7.67. The molecule has 2 rings (SSSR count). The van der Waals surface area contributed by atoms with Gasteiger partial charge in [0.25, 0.3) is 0 Å². The Morgan fingerprint density at radius 2 is 1.75 bits per heavy atom. The van der Waals surface area contributed by atoms with Gasteiger partial charge in [-0.25, -0.2) is 13.6 Å². The Labute approximate surface area is 139 Å². The zero-order chi connectivity index (χ0) is 17.5. The van der Waals surface area contributed by atoms with E-state index in [0.717, 1.165) is 23.3 Å². The second kappa shape index (κ2) is 8.40. The molecule has 0 heterocycles. The lowest BCUT2D eigenvalue weighted by atomic mass is 10.1. The topological polar surface area (TPSA) is 61.4 Å². The lowest BCUT2D eigenvalue weighted by Gasteiger charge is -2.15. The van der Waals surface area contributed by atoms with Crippen LogP contribution in [0, 0.1) is 11.6 Å². The molecule has 3 N–H and O–H groups in total. The number of rotatable bonds is 6. The first kappa shape index (κ1) is 17.9. The fourth-order valence-corrected chi connectivity index (χ4v) is 2.24. The Morgan fingerprint density at radius 3 is 2.38 bits per heavy atom. The van der Waals surface area contributed by atoms with Crippen molar-refractivity contribution in [1.29, 1.82) is 0 Å². The molecule has 1 unspecified atom stereocenters. The molecule has 0 radical (unpaired) electrons. The van der Waals surface area contributed by atoms with E-state index in [1.807, 2.05) is 24.3 Å². The smallest absolute Gasteiger partial charge is 0.315 e. The molecule has 0 aliphatic rings. The summed E-state index contributed by atoms with van der Waals surface area (Å²) in [6.07, 6.45) is 0.651. The van der Waals surface area contributed by atoms with Gasteiger partial charge in [0.1, 0.15) is 0 Å². The number of aliphatic hydroxyl groups is 1. The Morgan fingerprint density at radius 1 is 1.08 bits per heavy atom. The number of carbonyl (C=O) groups excluding carboxylic acids is 1. The van der Waals surface area contributed by atoms with E-state index >= 15 is 0 Å². The standard InChI is InChI=1S/C18H20F2N2O2/c1-12(15-6-7-16(19)17(20)10-15)22-18(24)21-9-8-13-2-4-14(11-23)5-3-13/h2-7,10,12,23H,8-9,11H2,1H3,(H2,21,22,24). The summed E-state index contributed by atoms with van der Waals surface area (Å²) >= 11 is 0. The van der Waals surface area contributed by atoms with Gasteiger partial charge in [0, 0.05) is 6.54 Å². The van der Waals surface area contributed by atoms with Crippen molar-refractivity contribution in [2.45, 2.75) is 26.0 Å². The second-order valence-electron chi connectivity index (χ2n) is 5.52. The zero-order valence-corrected chi connectivity index (χ0v) is 13.4. The number of amides is 2. The minimum Gasteiger partial charge on any atom is -0.392 e. The van der Waals surface area contributed by atoms with Gasteiger partial charge in [-0.15, -0.1) is 0 Å². The molecule has 0 spiro atoms. The molecular weight excluding hydrogens is 314 g/mol. The third kappa shape index (κ3) is 5.03. The number of carbonyl (C=O) groups is 1. The van der Waals surface area contributed by atoms with Crippen LogP contribution in [0.15, 0.2) is 42.5 Å². The average Bonchev–Trinajstić information content (AvgIpc) is 2.58. The van der Waals surface area contributed by atoms with Crippen molar-refractivity contribution in [3.8, 4) is 0 Å². The molecule has 2 aromatic carbocycles. The molecule has 0 saturated carbocycles. The summed E-state index contributed by atoms with van der Waals surface area (Å²) in [4.78, 5) is 11.8. The lowest BCUT2D eigenvalue weighted by molar-refractivity contribution is 0.238. The van der Waals surface area contributed by atoms with Crippen LogP contribution in [0.2, 0.25) is 0 Å². The lowest BCUT2D eigenvalue weighted by Crippen LogP contribution is -2.38. The quantitative estimate of drug-likeness (QED) is 0.760. The maximum absolute atomic E-state index is 13.2. The summed E-state index contributed by atoms with van der Waals surface area (Å²) in [6.45, 7) is 2.14. The molecule has 0 aromatic heterocycles. The molecule has 2 aromatic rings. The summed E-state index contributed by atoms with van der Waals surface area (Å²) in [5.74, 6) is -1.85. The Hall–Kier alpha value is -2.47. The first-order valence-corrected chi connectivity index (χ1v) is 7.67. The largest absolute Gasteiger partial charge is 0.392 e. The van der Waals surface area contributed by atoms with Gasteiger partial charge in [-0.05, 0) is 42.2 Å². The molecule has 4 nitrogen and oxygen atoms in total. The number of aliphatic hydroxyl groups excluding tert-OH is 1. The van der Waals surface area contributed by atoms with Crippen molar-refractivity contribution in [2.24, 2.45) is 0 Å². The monoisotopic (exact) mass is 334 g/mol. The Bertz CT molecular complexity index is 690. The van der Waals surface area contributed by atoms with Crippen LogP contribution in [0.4, 0.5) is 13.6 Å². The van der Waals surface area contributed by atoms with Crippen LogP contribution in [0.5, 0.6) is 0 Å². The van der Waals surface area contributed by atoms with Crippen molar-refractivity contribution in [3.05, 3.63) is 70.8 Å². The van der Waals surface area contributed by atoms with Crippen molar-refractivity contribution in [3.63, 3.8) is 0 Å². The van der Waals surface area contributed by atoms with Crippen LogP contribution >= 0.6 is 0 Å². The Kier molecular flexibility index (Phi) is 6.26. The molecule has 0 fully saturated rings. The van der Waals surface area contributed by atoms with Crippen LogP contribution < -0.4 is 10.6 Å². The predicted molar refractivity (Wildman–Crippen MR) is 87.4 cm³/mol. The number of benzene rings is 2. The SMILES string of the molecule is CC(NC(=O)NCCc1ccc(CO)cc1)c1ccc(F)c(F)c1. The van der Waals surface area contributed by atoms with E-state index in [0.29, 0.717) is 18.5 Å². The summed E-state index contributed by atoms with van der Waals surface area (Å²) in [6, 6.07) is 10.2. The van der Waals surface area contributed by atoms with Crippen LogP contribution in [0.1, 0.15) is 29.7 Å². The van der Waals surface area contributed by atoms with Crippen LogP contribution in [0.3, 0.4) is 0 Å². The summed E-state index contributed by atoms with van der Waals surface area (Å²) in [5.41, 5.74) is 2.37. The number of urea groups is 1. The summed E-state index contributed by atoms with van der Waals surface area (Å²) in [7, 11) is 0. The van der Waals surface area contributed by atoms with Gasteiger partial charge >= 0.3 is 6.03 Å². The fourth-order valence-electron chi connectivity index (χ4n) is 2.24. The van der Waals surface area contributed by atoms with Gasteiger partial charge in [-0.2, -0.15) is 0 Å². The third-order valence-electron chi connectivity index (χ3n) is 3.70.